The van der Waals surface area contributed by atoms with E-state index >= 15 is 0 Å². The number of aromatic nitrogens is 2. The van der Waals surface area contributed by atoms with Gasteiger partial charge in [-0.1, -0.05) is 0 Å². The van der Waals surface area contributed by atoms with E-state index in [0.717, 1.165) is 12.9 Å². The zero-order chi connectivity index (χ0) is 20.1. The quantitative estimate of drug-likeness (QED) is 0.449. The molecule has 0 saturated carbocycles. The van der Waals surface area contributed by atoms with Crippen molar-refractivity contribution in [3.05, 3.63) is 78.9 Å². The van der Waals surface area contributed by atoms with Crippen molar-refractivity contribution in [1.82, 2.24) is 18.8 Å². The van der Waals surface area contributed by atoms with Crippen molar-refractivity contribution in [3.63, 3.8) is 0 Å². The van der Waals surface area contributed by atoms with Crippen LogP contribution in [0.3, 0.4) is 0 Å². The molecule has 1 fully saturated rings. The van der Waals surface area contributed by atoms with Crippen LogP contribution in [-0.2, 0) is 19.1 Å². The van der Waals surface area contributed by atoms with Crippen LogP contribution in [0, 0.1) is 0 Å². The first-order valence-electron chi connectivity index (χ1n) is 9.53. The zero-order valence-electron chi connectivity index (χ0n) is 15.8. The average Bonchev–Trinajstić information content (AvgIpc) is 3.27. The second kappa shape index (κ2) is 8.79. The Bertz CT molecular complexity index is 925. The van der Waals surface area contributed by atoms with Crippen LogP contribution in [-0.4, -0.2) is 53.5 Å². The molecule has 4 rings (SSSR count). The summed E-state index contributed by atoms with van der Waals surface area (Å²) in [6.07, 6.45) is 3.77. The summed E-state index contributed by atoms with van der Waals surface area (Å²) < 4.78 is 11.9. The molecule has 3 N–H and O–H groups in total. The molecule has 1 amide bonds. The standard InChI is InChI=1S/C9H13N4O3.2C6H5.Sn/c10-2-1-8(14)13-7(9(15)16)3-6-4-11-5-12-6;2*1-2-4-6-5-3-1;/h4-5,7,10H,1-3H2,(H,11,12)(H,13,14)(H,15,16);2*1-5H;/q-1;;;+2/p-1/t7-;;;/m1.../s1. The monoisotopic (exact) mass is 498 g/mol. The summed E-state index contributed by atoms with van der Waals surface area (Å²) >= 11 is -4.08. The molecule has 148 valence electrons. The number of nitrogens with zero attached hydrogens (tertiary/aromatic N) is 1. The van der Waals surface area contributed by atoms with Crippen molar-refractivity contribution >= 4 is 38.1 Å². The van der Waals surface area contributed by atoms with Crippen LogP contribution in [0.25, 0.3) is 0 Å². The Labute approximate surface area is 173 Å². The van der Waals surface area contributed by atoms with Gasteiger partial charge < -0.3 is 0 Å². The van der Waals surface area contributed by atoms with E-state index in [1.165, 1.54) is 0 Å². The third-order valence-corrected chi connectivity index (χ3v) is 15.1. The van der Waals surface area contributed by atoms with Gasteiger partial charge in [-0.05, 0) is 0 Å². The Morgan fingerprint density at radius 3 is 2.24 bits per heavy atom. The van der Waals surface area contributed by atoms with E-state index in [4.69, 9.17) is 3.07 Å². The van der Waals surface area contributed by atoms with Crippen LogP contribution in [0.15, 0.2) is 73.2 Å². The predicted molar refractivity (Wildman–Crippen MR) is 111 cm³/mol. The number of hydrogen-bond donors (Lipinski definition) is 3. The van der Waals surface area contributed by atoms with Gasteiger partial charge in [0.05, 0.1) is 0 Å². The van der Waals surface area contributed by atoms with Gasteiger partial charge in [-0.15, -0.1) is 0 Å². The van der Waals surface area contributed by atoms with Crippen molar-refractivity contribution in [2.75, 3.05) is 6.54 Å². The third-order valence-electron chi connectivity index (χ3n) is 4.94. The van der Waals surface area contributed by atoms with E-state index in [0.29, 0.717) is 13.0 Å². The molecule has 0 spiro atoms. The summed E-state index contributed by atoms with van der Waals surface area (Å²) in [5.41, 5.74) is 0.764. The molecule has 8 heteroatoms. The summed E-state index contributed by atoms with van der Waals surface area (Å²) in [6, 6.07) is 18.9. The van der Waals surface area contributed by atoms with Gasteiger partial charge in [0.1, 0.15) is 0 Å². The second-order valence-corrected chi connectivity index (χ2v) is 15.7. The first kappa shape index (κ1) is 19.7. The van der Waals surface area contributed by atoms with E-state index in [-0.39, 0.29) is 12.3 Å². The van der Waals surface area contributed by atoms with Gasteiger partial charge in [0.15, 0.2) is 0 Å². The maximum absolute atomic E-state index is 13.3. The minimum absolute atomic E-state index is 0.179. The van der Waals surface area contributed by atoms with Crippen molar-refractivity contribution in [1.29, 1.82) is 0 Å². The molecule has 29 heavy (non-hydrogen) atoms. The van der Waals surface area contributed by atoms with Crippen LogP contribution in [0.2, 0.25) is 0 Å². The van der Waals surface area contributed by atoms with Crippen LogP contribution >= 0.6 is 0 Å². The van der Waals surface area contributed by atoms with Crippen LogP contribution in [0.4, 0.5) is 0 Å². The summed E-state index contributed by atoms with van der Waals surface area (Å²) in [4.78, 5) is 32.7. The normalized spacial score (nSPS) is 19.4. The van der Waals surface area contributed by atoms with Crippen molar-refractivity contribution in [2.24, 2.45) is 0 Å². The van der Waals surface area contributed by atoms with Gasteiger partial charge in [0.25, 0.3) is 0 Å². The molecule has 1 aliphatic heterocycles. The maximum atomic E-state index is 13.3. The number of hydrogen-bond acceptors (Lipinski definition) is 5. The summed E-state index contributed by atoms with van der Waals surface area (Å²) in [6.45, 7) is 0.440. The van der Waals surface area contributed by atoms with E-state index < -0.39 is 31.1 Å². The Kier molecular flexibility index (Phi) is 5.96. The Balaban J connectivity index is 1.76. The third kappa shape index (κ3) is 4.35. The fraction of sp³-hybridized carbons (Fsp3) is 0.190. The molecule has 1 atom stereocenters. The summed E-state index contributed by atoms with van der Waals surface area (Å²) in [5.74, 6) is -0.604. The number of carbonyl (C=O) groups is 2. The van der Waals surface area contributed by atoms with E-state index in [1.54, 1.807) is 12.5 Å². The van der Waals surface area contributed by atoms with Gasteiger partial charge in [-0.2, -0.15) is 0 Å². The first-order valence-corrected chi connectivity index (χ1v) is 15.0. The number of benzene rings is 2. The fourth-order valence-corrected chi connectivity index (χ4v) is 12.9. The van der Waals surface area contributed by atoms with Crippen molar-refractivity contribution in [3.8, 4) is 0 Å². The Morgan fingerprint density at radius 1 is 1.00 bits per heavy atom. The van der Waals surface area contributed by atoms with Gasteiger partial charge >= 0.3 is 174 Å². The number of imidazole rings is 1. The van der Waals surface area contributed by atoms with Crippen LogP contribution < -0.4 is 16.0 Å². The predicted octanol–water partition coefficient (Wildman–Crippen LogP) is 0.230. The first-order chi connectivity index (χ1) is 14.2. The molecule has 1 aromatic heterocycles. The fourth-order valence-electron chi connectivity index (χ4n) is 3.52. The number of rotatable bonds is 4. The topological polar surface area (TPSA) is 96.1 Å². The van der Waals surface area contributed by atoms with Crippen LogP contribution in [0.1, 0.15) is 12.1 Å². The van der Waals surface area contributed by atoms with Crippen molar-refractivity contribution in [2.45, 2.75) is 18.9 Å². The summed E-state index contributed by atoms with van der Waals surface area (Å²) in [5, 5.41) is 2.82. The molecule has 1 aliphatic rings. The Morgan fingerprint density at radius 2 is 1.66 bits per heavy atom. The molecular formula is C21H22N4O3Sn. The molecule has 2 heterocycles. The number of carbonyl (C=O) groups excluding carboxylic acids is 2. The molecule has 1 saturated heterocycles. The molecule has 7 nitrogen and oxygen atoms in total. The molecule has 3 aromatic rings. The van der Waals surface area contributed by atoms with Gasteiger partial charge in [0, 0.05) is 0 Å². The second-order valence-electron chi connectivity index (χ2n) is 6.91. The molecule has 0 aliphatic carbocycles. The molecule has 0 bridgehead atoms. The van der Waals surface area contributed by atoms with Gasteiger partial charge in [-0.25, -0.2) is 0 Å². The van der Waals surface area contributed by atoms with E-state index in [2.05, 4.69) is 18.8 Å². The average molecular weight is 497 g/mol. The number of nitrogens with one attached hydrogen (secondary N) is 3. The van der Waals surface area contributed by atoms with Crippen LogP contribution in [0.5, 0.6) is 0 Å². The van der Waals surface area contributed by atoms with E-state index in [9.17, 15) is 9.59 Å². The minimum atomic E-state index is -4.08. The molecule has 2 aromatic carbocycles. The zero-order valence-corrected chi connectivity index (χ0v) is 18.7. The van der Waals surface area contributed by atoms with E-state index in [1.807, 2.05) is 60.7 Å². The van der Waals surface area contributed by atoms with Gasteiger partial charge in [-0.3, -0.25) is 0 Å². The summed E-state index contributed by atoms with van der Waals surface area (Å²) in [7, 11) is 0. The molecular weight excluding hydrogens is 475 g/mol. The number of aromatic amines is 1. The SMILES string of the molecule is O=C1CC[NH][Sn]([c]2ccccc2)([c]2ccccc2)[O]C(=O)[C@@H](Cc2cnc[nH]2)N1. The molecule has 0 radical (unpaired) electrons. The number of amides is 1. The van der Waals surface area contributed by atoms with Gasteiger partial charge in [0.2, 0.25) is 0 Å². The number of H-pyrrole nitrogens is 1. The van der Waals surface area contributed by atoms with Crippen molar-refractivity contribution < 1.29 is 12.7 Å². The molecule has 0 unspecified atom stereocenters. The Hall–Kier alpha value is -2.65.